The number of nitrogens with two attached hydrogens (primary N) is 1. The lowest BCUT2D eigenvalue weighted by atomic mass is 10.1. The zero-order valence-electron chi connectivity index (χ0n) is 10.1. The lowest BCUT2D eigenvalue weighted by molar-refractivity contribution is 0.0698. The van der Waals surface area contributed by atoms with Crippen LogP contribution in [0.25, 0.3) is 0 Å². The van der Waals surface area contributed by atoms with Crippen molar-refractivity contribution in [2.45, 2.75) is 12.2 Å². The third kappa shape index (κ3) is 3.43. The Morgan fingerprint density at radius 3 is 2.72 bits per heavy atom. The maximum atomic E-state index is 13.5. The van der Waals surface area contributed by atoms with Crippen molar-refractivity contribution in [3.05, 3.63) is 23.5 Å². The Hall–Kier alpha value is -1.63. The molecule has 18 heavy (non-hydrogen) atoms. The zero-order chi connectivity index (χ0) is 13.9. The predicted octanol–water partition coefficient (Wildman–Crippen LogP) is 1.28. The summed E-state index contributed by atoms with van der Waals surface area (Å²) < 4.78 is 24.7. The first-order valence-corrected chi connectivity index (χ1v) is 6.83. The minimum absolute atomic E-state index is 0.0406. The first-order valence-electron chi connectivity index (χ1n) is 5.21. The topological polar surface area (TPSA) is 92.4 Å². The van der Waals surface area contributed by atoms with E-state index in [9.17, 15) is 13.4 Å². The van der Waals surface area contributed by atoms with Crippen LogP contribution < -0.4 is 11.1 Å². The molecule has 7 heteroatoms. The number of halogens is 1. The molecule has 2 unspecified atom stereocenters. The first-order chi connectivity index (χ1) is 8.32. The van der Waals surface area contributed by atoms with Crippen molar-refractivity contribution in [3.63, 3.8) is 0 Å². The van der Waals surface area contributed by atoms with Gasteiger partial charge < -0.3 is 16.2 Å². The highest BCUT2D eigenvalue weighted by molar-refractivity contribution is 7.84. The SMILES string of the molecule is CC(CNc1cc(C(=O)O)c(N)cc1F)S(C)=O. The average molecular weight is 274 g/mol. The van der Waals surface area contributed by atoms with Gasteiger partial charge in [-0.05, 0) is 19.1 Å². The number of hydrogen-bond acceptors (Lipinski definition) is 4. The average Bonchev–Trinajstić information content (AvgIpc) is 2.26. The van der Waals surface area contributed by atoms with Crippen LogP contribution in [-0.4, -0.2) is 33.3 Å². The van der Waals surface area contributed by atoms with Gasteiger partial charge in [0.25, 0.3) is 0 Å². The van der Waals surface area contributed by atoms with Gasteiger partial charge in [-0.2, -0.15) is 0 Å². The lowest BCUT2D eigenvalue weighted by Gasteiger charge is -2.13. The zero-order valence-corrected chi connectivity index (χ0v) is 10.9. The van der Waals surface area contributed by atoms with E-state index in [1.54, 1.807) is 13.2 Å². The summed E-state index contributed by atoms with van der Waals surface area (Å²) in [5.74, 6) is -1.85. The number of carbonyl (C=O) groups is 1. The smallest absolute Gasteiger partial charge is 0.337 e. The highest BCUT2D eigenvalue weighted by Gasteiger charge is 2.14. The Labute approximate surface area is 107 Å². The van der Waals surface area contributed by atoms with Crippen LogP contribution in [0.2, 0.25) is 0 Å². The number of nitrogens with one attached hydrogen (secondary N) is 1. The summed E-state index contributed by atoms with van der Waals surface area (Å²) >= 11 is 0. The van der Waals surface area contributed by atoms with Crippen LogP contribution >= 0.6 is 0 Å². The van der Waals surface area contributed by atoms with Gasteiger partial charge in [-0.25, -0.2) is 9.18 Å². The van der Waals surface area contributed by atoms with Gasteiger partial charge in [0.05, 0.1) is 11.3 Å². The monoisotopic (exact) mass is 274 g/mol. The van der Waals surface area contributed by atoms with Crippen LogP contribution in [-0.2, 0) is 10.8 Å². The molecule has 0 fully saturated rings. The van der Waals surface area contributed by atoms with E-state index in [1.165, 1.54) is 0 Å². The fourth-order valence-electron chi connectivity index (χ4n) is 1.28. The molecule has 0 bridgehead atoms. The molecular formula is C11H15FN2O3S. The maximum Gasteiger partial charge on any atom is 0.337 e. The van der Waals surface area contributed by atoms with Crippen molar-refractivity contribution in [2.24, 2.45) is 0 Å². The molecule has 0 saturated carbocycles. The molecule has 0 aromatic heterocycles. The van der Waals surface area contributed by atoms with Gasteiger partial charge in [-0.3, -0.25) is 4.21 Å². The number of rotatable bonds is 5. The molecule has 2 atom stereocenters. The van der Waals surface area contributed by atoms with Crippen molar-refractivity contribution in [1.29, 1.82) is 0 Å². The highest BCUT2D eigenvalue weighted by Crippen LogP contribution is 2.22. The van der Waals surface area contributed by atoms with Crippen molar-refractivity contribution in [3.8, 4) is 0 Å². The molecule has 0 heterocycles. The quantitative estimate of drug-likeness (QED) is 0.703. The first kappa shape index (κ1) is 14.4. The Bertz CT molecular complexity index is 493. The van der Waals surface area contributed by atoms with E-state index in [2.05, 4.69) is 5.32 Å². The molecule has 100 valence electrons. The summed E-state index contributed by atoms with van der Waals surface area (Å²) in [4.78, 5) is 10.9. The van der Waals surface area contributed by atoms with E-state index < -0.39 is 22.6 Å². The number of anilines is 2. The van der Waals surface area contributed by atoms with Crippen LogP contribution in [0.1, 0.15) is 17.3 Å². The van der Waals surface area contributed by atoms with Gasteiger partial charge >= 0.3 is 5.97 Å². The van der Waals surface area contributed by atoms with E-state index in [0.29, 0.717) is 0 Å². The van der Waals surface area contributed by atoms with Gasteiger partial charge in [-0.15, -0.1) is 0 Å². The Morgan fingerprint density at radius 1 is 1.61 bits per heavy atom. The predicted molar refractivity (Wildman–Crippen MR) is 69.8 cm³/mol. The second-order valence-electron chi connectivity index (χ2n) is 3.91. The molecule has 1 aromatic rings. The second-order valence-corrected chi connectivity index (χ2v) is 5.72. The Balaban J connectivity index is 2.92. The van der Waals surface area contributed by atoms with Crippen molar-refractivity contribution in [1.82, 2.24) is 0 Å². The largest absolute Gasteiger partial charge is 0.478 e. The maximum absolute atomic E-state index is 13.5. The number of carboxylic acid groups (broad SMARTS) is 1. The number of carboxylic acids is 1. The van der Waals surface area contributed by atoms with Crippen LogP contribution in [0.5, 0.6) is 0 Å². The van der Waals surface area contributed by atoms with E-state index in [0.717, 1.165) is 12.1 Å². The molecule has 0 aliphatic rings. The van der Waals surface area contributed by atoms with Gasteiger partial charge in [0, 0.05) is 34.5 Å². The highest BCUT2D eigenvalue weighted by atomic mass is 32.2. The summed E-state index contributed by atoms with van der Waals surface area (Å²) in [6.07, 6.45) is 1.55. The molecule has 0 saturated heterocycles. The minimum Gasteiger partial charge on any atom is -0.478 e. The molecular weight excluding hydrogens is 259 g/mol. The second kappa shape index (κ2) is 5.81. The summed E-state index contributed by atoms with van der Waals surface area (Å²) in [6.45, 7) is 2.03. The molecule has 0 aliphatic carbocycles. The van der Waals surface area contributed by atoms with Crippen molar-refractivity contribution in [2.75, 3.05) is 23.9 Å². The van der Waals surface area contributed by atoms with Gasteiger partial charge in [0.1, 0.15) is 5.82 Å². The summed E-state index contributed by atoms with van der Waals surface area (Å²) in [5.41, 5.74) is 5.15. The number of aromatic carboxylic acids is 1. The Kier molecular flexibility index (Phi) is 4.66. The molecule has 5 nitrogen and oxygen atoms in total. The third-order valence-corrected chi connectivity index (χ3v) is 3.82. The molecule has 0 amide bonds. The van der Waals surface area contributed by atoms with Crippen LogP contribution in [0.4, 0.5) is 15.8 Å². The summed E-state index contributed by atoms with van der Waals surface area (Å²) in [6, 6.07) is 2.09. The molecule has 0 aliphatic heterocycles. The van der Waals surface area contributed by atoms with Crippen molar-refractivity contribution < 1.29 is 18.5 Å². The summed E-state index contributed by atoms with van der Waals surface area (Å²) in [5, 5.41) is 11.4. The van der Waals surface area contributed by atoms with Crippen LogP contribution in [0, 0.1) is 5.82 Å². The third-order valence-electron chi connectivity index (χ3n) is 2.52. The Morgan fingerprint density at radius 2 is 2.22 bits per heavy atom. The lowest BCUT2D eigenvalue weighted by Crippen LogP contribution is -2.21. The molecule has 0 spiro atoms. The number of benzene rings is 1. The normalized spacial score (nSPS) is 13.9. The number of hydrogen-bond donors (Lipinski definition) is 3. The minimum atomic E-state index is -1.22. The molecule has 1 rings (SSSR count). The van der Waals surface area contributed by atoms with Gasteiger partial charge in [0.15, 0.2) is 0 Å². The van der Waals surface area contributed by atoms with E-state index in [1.807, 2.05) is 0 Å². The fraction of sp³-hybridized carbons (Fsp3) is 0.364. The standard InChI is InChI=1S/C11H15FN2O3S/c1-6(18(2)17)5-14-10-3-7(11(15)16)9(13)4-8(10)12/h3-4,6,14H,5,13H2,1-2H3,(H,15,16). The van der Waals surface area contributed by atoms with Gasteiger partial charge in [-0.1, -0.05) is 0 Å². The summed E-state index contributed by atoms with van der Waals surface area (Å²) in [7, 11) is -1.04. The van der Waals surface area contributed by atoms with E-state index >= 15 is 0 Å². The number of nitrogen functional groups attached to an aromatic ring is 1. The van der Waals surface area contributed by atoms with E-state index in [-0.39, 0.29) is 28.7 Å². The van der Waals surface area contributed by atoms with Crippen LogP contribution in [0.3, 0.4) is 0 Å². The molecule has 0 radical (unpaired) electrons. The fourth-order valence-corrected chi connectivity index (χ4v) is 1.60. The van der Waals surface area contributed by atoms with Crippen molar-refractivity contribution >= 4 is 28.1 Å². The van der Waals surface area contributed by atoms with E-state index in [4.69, 9.17) is 10.8 Å². The molecule has 1 aromatic carbocycles. The van der Waals surface area contributed by atoms with Gasteiger partial charge in [0.2, 0.25) is 0 Å². The van der Waals surface area contributed by atoms with Crippen LogP contribution in [0.15, 0.2) is 12.1 Å². The molecule has 4 N–H and O–H groups in total.